The van der Waals surface area contributed by atoms with Crippen LogP contribution in [0.25, 0.3) is 0 Å². The number of rotatable bonds is 6. The number of amides is 1. The zero-order valence-electron chi connectivity index (χ0n) is 15.3. The summed E-state index contributed by atoms with van der Waals surface area (Å²) in [6.45, 7) is 2.59. The quantitative estimate of drug-likeness (QED) is 0.606. The van der Waals surface area contributed by atoms with Crippen LogP contribution in [0.4, 0.5) is 0 Å². The van der Waals surface area contributed by atoms with Crippen molar-refractivity contribution in [3.05, 3.63) is 35.9 Å². The smallest absolute Gasteiger partial charge is 0.263 e. The predicted octanol–water partition coefficient (Wildman–Crippen LogP) is 3.50. The molecule has 5 nitrogen and oxygen atoms in total. The number of hydrogen-bond acceptors (Lipinski definition) is 4. The first-order valence-corrected chi connectivity index (χ1v) is 9.75. The number of nitrogens with one attached hydrogen (secondary N) is 2. The zero-order valence-corrected chi connectivity index (χ0v) is 15.3. The van der Waals surface area contributed by atoms with E-state index >= 15 is 0 Å². The lowest BCUT2D eigenvalue weighted by atomic mass is 9.48. The van der Waals surface area contributed by atoms with E-state index < -0.39 is 0 Å². The van der Waals surface area contributed by atoms with E-state index in [0.29, 0.717) is 6.54 Å². The van der Waals surface area contributed by atoms with Crippen molar-refractivity contribution >= 4 is 5.91 Å². The summed E-state index contributed by atoms with van der Waals surface area (Å²) in [5.41, 5.74) is 0.361. The lowest BCUT2D eigenvalue weighted by Crippen LogP contribution is -2.56. The molecule has 2 N–H and O–H groups in total. The van der Waals surface area contributed by atoms with Gasteiger partial charge in [0.15, 0.2) is 0 Å². The first-order chi connectivity index (χ1) is 12.6. The van der Waals surface area contributed by atoms with Crippen LogP contribution in [0.5, 0.6) is 0 Å². The van der Waals surface area contributed by atoms with E-state index in [-0.39, 0.29) is 22.9 Å². The molecule has 138 valence electrons. The fraction of sp³-hybridized carbons (Fsp3) is 0.619. The lowest BCUT2D eigenvalue weighted by molar-refractivity contribution is -0.122. The third-order valence-electron chi connectivity index (χ3n) is 6.82. The van der Waals surface area contributed by atoms with Crippen molar-refractivity contribution in [3.8, 4) is 6.07 Å². The van der Waals surface area contributed by atoms with Crippen LogP contribution in [0.15, 0.2) is 34.6 Å². The van der Waals surface area contributed by atoms with Gasteiger partial charge in [0.05, 0.1) is 12.8 Å². The largest absolute Gasteiger partial charge is 0.467 e. The molecule has 0 radical (unpaired) electrons. The second kappa shape index (κ2) is 6.83. The van der Waals surface area contributed by atoms with Gasteiger partial charge in [-0.25, -0.2) is 0 Å². The van der Waals surface area contributed by atoms with E-state index in [1.165, 1.54) is 44.7 Å². The Hall–Kier alpha value is -2.22. The van der Waals surface area contributed by atoms with Crippen molar-refractivity contribution in [2.75, 3.05) is 0 Å². The maximum Gasteiger partial charge on any atom is 0.263 e. The molecule has 0 saturated heterocycles. The summed E-state index contributed by atoms with van der Waals surface area (Å²) in [4.78, 5) is 12.6. The van der Waals surface area contributed by atoms with Gasteiger partial charge in [-0.05, 0) is 80.8 Å². The maximum absolute atomic E-state index is 12.6. The highest BCUT2D eigenvalue weighted by Gasteiger charge is 2.53. The van der Waals surface area contributed by atoms with E-state index in [0.717, 1.165) is 23.5 Å². The monoisotopic (exact) mass is 353 g/mol. The summed E-state index contributed by atoms with van der Waals surface area (Å²) < 4.78 is 5.24. The molecule has 1 unspecified atom stereocenters. The number of carbonyl (C=O) groups excluding carboxylic acids is 1. The van der Waals surface area contributed by atoms with Gasteiger partial charge < -0.3 is 15.1 Å². The molecule has 1 atom stereocenters. The zero-order chi connectivity index (χ0) is 18.1. The third kappa shape index (κ3) is 3.25. The third-order valence-corrected chi connectivity index (χ3v) is 6.82. The van der Waals surface area contributed by atoms with Gasteiger partial charge in [-0.1, -0.05) is 0 Å². The van der Waals surface area contributed by atoms with Gasteiger partial charge in [-0.3, -0.25) is 4.79 Å². The Kier molecular flexibility index (Phi) is 4.52. The van der Waals surface area contributed by atoms with Gasteiger partial charge in [-0.2, -0.15) is 5.26 Å². The first-order valence-electron chi connectivity index (χ1n) is 9.75. The Morgan fingerprint density at radius 1 is 1.35 bits per heavy atom. The summed E-state index contributed by atoms with van der Waals surface area (Å²) in [6, 6.07) is 5.79. The van der Waals surface area contributed by atoms with Gasteiger partial charge >= 0.3 is 0 Å². The van der Waals surface area contributed by atoms with Crippen molar-refractivity contribution in [1.82, 2.24) is 10.6 Å². The van der Waals surface area contributed by atoms with E-state index in [4.69, 9.17) is 4.42 Å². The molecule has 4 aliphatic carbocycles. The van der Waals surface area contributed by atoms with Crippen LogP contribution in [-0.2, 0) is 11.3 Å². The molecular weight excluding hydrogens is 326 g/mol. The standard InChI is InChI=1S/C21H27N3O2/c1-14(21-8-15-5-16(9-21)7-17(6-15)10-21)24-20(25)18(11-22)12-23-13-19-3-2-4-26-19/h2-4,12,14-17,23H,5-10,13H2,1H3,(H,24,25)/b18-12-. The molecule has 26 heavy (non-hydrogen) atoms. The fourth-order valence-electron chi connectivity index (χ4n) is 5.95. The molecule has 1 amide bonds. The van der Waals surface area contributed by atoms with Gasteiger partial charge in [0.25, 0.3) is 5.91 Å². The summed E-state index contributed by atoms with van der Waals surface area (Å²) in [6.07, 6.45) is 11.0. The van der Waals surface area contributed by atoms with Crippen molar-refractivity contribution in [3.63, 3.8) is 0 Å². The number of nitrogens with zero attached hydrogens (tertiary/aromatic N) is 1. The predicted molar refractivity (Wildman–Crippen MR) is 97.5 cm³/mol. The van der Waals surface area contributed by atoms with Crippen molar-refractivity contribution in [2.45, 2.75) is 58.0 Å². The Morgan fingerprint density at radius 2 is 2.00 bits per heavy atom. The minimum absolute atomic E-state index is 0.116. The molecule has 5 heteroatoms. The molecule has 4 saturated carbocycles. The lowest BCUT2D eigenvalue weighted by Gasteiger charge is -2.59. The molecule has 4 bridgehead atoms. The molecule has 0 aromatic carbocycles. The van der Waals surface area contributed by atoms with Gasteiger partial charge in [0.2, 0.25) is 0 Å². The number of nitriles is 1. The minimum Gasteiger partial charge on any atom is -0.467 e. The fourth-order valence-corrected chi connectivity index (χ4v) is 5.95. The van der Waals surface area contributed by atoms with E-state index in [2.05, 4.69) is 17.6 Å². The molecule has 0 spiro atoms. The Labute approximate surface area is 154 Å². The summed E-state index contributed by atoms with van der Waals surface area (Å²) in [5, 5.41) is 15.5. The molecule has 1 heterocycles. The average Bonchev–Trinajstić information content (AvgIpc) is 3.10. The van der Waals surface area contributed by atoms with Crippen LogP contribution in [0.1, 0.15) is 51.2 Å². The molecule has 1 aromatic rings. The molecule has 4 aliphatic rings. The summed E-state index contributed by atoms with van der Waals surface area (Å²) in [7, 11) is 0. The van der Waals surface area contributed by atoms with E-state index in [9.17, 15) is 10.1 Å². The van der Waals surface area contributed by atoms with Gasteiger partial charge in [0, 0.05) is 12.2 Å². The Bertz CT molecular complexity index is 694. The second-order valence-electron chi connectivity index (χ2n) is 8.61. The van der Waals surface area contributed by atoms with Crippen LogP contribution in [0.2, 0.25) is 0 Å². The molecule has 5 rings (SSSR count). The number of hydrogen-bond donors (Lipinski definition) is 2. The maximum atomic E-state index is 12.6. The van der Waals surface area contributed by atoms with Crippen molar-refractivity contribution < 1.29 is 9.21 Å². The Morgan fingerprint density at radius 3 is 2.54 bits per heavy atom. The molecule has 0 aliphatic heterocycles. The van der Waals surface area contributed by atoms with Crippen LogP contribution in [0.3, 0.4) is 0 Å². The average molecular weight is 353 g/mol. The van der Waals surface area contributed by atoms with Crippen molar-refractivity contribution in [1.29, 1.82) is 5.26 Å². The minimum atomic E-state index is -0.275. The van der Waals surface area contributed by atoms with Crippen LogP contribution < -0.4 is 10.6 Å². The van der Waals surface area contributed by atoms with Gasteiger partial charge in [-0.15, -0.1) is 0 Å². The second-order valence-corrected chi connectivity index (χ2v) is 8.61. The molecule has 1 aromatic heterocycles. The molecule has 4 fully saturated rings. The van der Waals surface area contributed by atoms with E-state index in [1.807, 2.05) is 18.2 Å². The highest BCUT2D eigenvalue weighted by atomic mass is 16.3. The normalized spacial score (nSPS) is 33.5. The van der Waals surface area contributed by atoms with Crippen LogP contribution in [0, 0.1) is 34.5 Å². The van der Waals surface area contributed by atoms with Gasteiger partial charge in [0.1, 0.15) is 17.4 Å². The SMILES string of the molecule is CC(NC(=O)/C(C#N)=C\NCc1ccco1)C12CC3CC(CC(C3)C1)C2. The summed E-state index contributed by atoms with van der Waals surface area (Å²) in [5.74, 6) is 3.04. The Balaban J connectivity index is 1.38. The molecular formula is C21H27N3O2. The van der Waals surface area contributed by atoms with Crippen molar-refractivity contribution in [2.24, 2.45) is 23.2 Å². The highest BCUT2D eigenvalue weighted by molar-refractivity contribution is 5.97. The van der Waals surface area contributed by atoms with Crippen LogP contribution >= 0.6 is 0 Å². The number of carbonyl (C=O) groups is 1. The van der Waals surface area contributed by atoms with Crippen LogP contribution in [-0.4, -0.2) is 11.9 Å². The first kappa shape index (κ1) is 17.2. The highest BCUT2D eigenvalue weighted by Crippen LogP contribution is 2.61. The topological polar surface area (TPSA) is 78.1 Å². The summed E-state index contributed by atoms with van der Waals surface area (Å²) >= 11 is 0. The van der Waals surface area contributed by atoms with E-state index in [1.54, 1.807) is 6.26 Å². The number of furan rings is 1.